The van der Waals surface area contributed by atoms with Crippen LogP contribution in [0.5, 0.6) is 0 Å². The molecule has 3 rings (SSSR count). The summed E-state index contributed by atoms with van der Waals surface area (Å²) in [6, 6.07) is 9.24. The number of nitrogens with zero attached hydrogens (tertiary/aromatic N) is 3. The Morgan fingerprint density at radius 3 is 2.81 bits per heavy atom. The van der Waals surface area contributed by atoms with Gasteiger partial charge >= 0.3 is 0 Å². The lowest BCUT2D eigenvalue weighted by atomic mass is 10.3. The van der Waals surface area contributed by atoms with Crippen LogP contribution in [0.25, 0.3) is 22.7 Å². The summed E-state index contributed by atoms with van der Waals surface area (Å²) in [6.45, 7) is 0. The van der Waals surface area contributed by atoms with Crippen molar-refractivity contribution < 1.29 is 0 Å². The first-order chi connectivity index (χ1) is 7.83. The number of nitrogens with one attached hydrogen (secondary N) is 1. The van der Waals surface area contributed by atoms with Gasteiger partial charge in [-0.05, 0) is 24.3 Å². The van der Waals surface area contributed by atoms with Crippen LogP contribution in [0.1, 0.15) is 0 Å². The number of hydrogen-bond acceptors (Lipinski definition) is 3. The summed E-state index contributed by atoms with van der Waals surface area (Å²) in [5, 5.41) is 0.437. The minimum absolute atomic E-state index is 0.437. The lowest BCUT2D eigenvalue weighted by Crippen LogP contribution is -1.83. The molecule has 0 unspecified atom stereocenters. The number of H-pyrrole nitrogens is 1. The summed E-state index contributed by atoms with van der Waals surface area (Å²) in [7, 11) is 0. The molecule has 3 heterocycles. The second-order valence-corrected chi connectivity index (χ2v) is 3.69. The van der Waals surface area contributed by atoms with Crippen LogP contribution in [0.2, 0.25) is 5.15 Å². The predicted molar refractivity (Wildman–Crippen MR) is 62.1 cm³/mol. The van der Waals surface area contributed by atoms with Crippen molar-refractivity contribution in [3.8, 4) is 11.5 Å². The number of hydrogen-bond donors (Lipinski definition) is 1. The van der Waals surface area contributed by atoms with Gasteiger partial charge in [-0.15, -0.1) is 0 Å². The number of pyridine rings is 2. The first kappa shape index (κ1) is 9.30. The topological polar surface area (TPSA) is 54.5 Å². The number of aromatic nitrogens is 4. The molecule has 0 bridgehead atoms. The Bertz CT molecular complexity index is 633. The van der Waals surface area contributed by atoms with Gasteiger partial charge in [0.2, 0.25) is 0 Å². The van der Waals surface area contributed by atoms with Crippen LogP contribution in [0.15, 0.2) is 36.5 Å². The molecule has 78 valence electrons. The highest BCUT2D eigenvalue weighted by Crippen LogP contribution is 2.18. The molecule has 0 aliphatic carbocycles. The fourth-order valence-corrected chi connectivity index (χ4v) is 1.64. The fourth-order valence-electron chi connectivity index (χ4n) is 1.49. The van der Waals surface area contributed by atoms with E-state index in [1.807, 2.05) is 24.3 Å². The Labute approximate surface area is 96.3 Å². The van der Waals surface area contributed by atoms with Crippen molar-refractivity contribution in [2.45, 2.75) is 0 Å². The molecule has 3 aromatic rings. The van der Waals surface area contributed by atoms with E-state index in [1.165, 1.54) is 0 Å². The first-order valence-electron chi connectivity index (χ1n) is 4.76. The summed E-state index contributed by atoms with van der Waals surface area (Å²) in [4.78, 5) is 15.8. The number of imidazole rings is 1. The van der Waals surface area contributed by atoms with Crippen LogP contribution in [-0.4, -0.2) is 19.9 Å². The molecule has 4 nitrogen and oxygen atoms in total. The van der Waals surface area contributed by atoms with E-state index >= 15 is 0 Å². The normalized spacial score (nSPS) is 10.8. The Balaban J connectivity index is 2.19. The maximum Gasteiger partial charge on any atom is 0.179 e. The number of aromatic amines is 1. The molecule has 1 N–H and O–H groups in total. The SMILES string of the molecule is Clc1ccc2[nH]c(-c3ccccn3)nc2n1. The van der Waals surface area contributed by atoms with Gasteiger partial charge in [-0.1, -0.05) is 17.7 Å². The summed E-state index contributed by atoms with van der Waals surface area (Å²) in [5.41, 5.74) is 2.25. The molecule has 0 aliphatic rings. The highest BCUT2D eigenvalue weighted by molar-refractivity contribution is 6.29. The second-order valence-electron chi connectivity index (χ2n) is 3.31. The van der Waals surface area contributed by atoms with Crippen LogP contribution in [0.4, 0.5) is 0 Å². The van der Waals surface area contributed by atoms with Crippen LogP contribution in [0.3, 0.4) is 0 Å². The summed E-state index contributed by atoms with van der Waals surface area (Å²) in [5.74, 6) is 0.699. The summed E-state index contributed by atoms with van der Waals surface area (Å²) in [6.07, 6.45) is 1.73. The van der Waals surface area contributed by atoms with E-state index in [0.29, 0.717) is 16.6 Å². The van der Waals surface area contributed by atoms with E-state index in [4.69, 9.17) is 11.6 Å². The Hall–Kier alpha value is -1.94. The lowest BCUT2D eigenvalue weighted by molar-refractivity contribution is 1.23. The van der Waals surface area contributed by atoms with Crippen molar-refractivity contribution in [1.29, 1.82) is 0 Å². The molecule has 16 heavy (non-hydrogen) atoms. The maximum absolute atomic E-state index is 5.79. The predicted octanol–water partition coefficient (Wildman–Crippen LogP) is 2.67. The van der Waals surface area contributed by atoms with Crippen LogP contribution in [-0.2, 0) is 0 Å². The van der Waals surface area contributed by atoms with Gasteiger partial charge in [-0.3, -0.25) is 4.98 Å². The third-order valence-electron chi connectivity index (χ3n) is 2.22. The van der Waals surface area contributed by atoms with E-state index < -0.39 is 0 Å². The highest BCUT2D eigenvalue weighted by atomic mass is 35.5. The lowest BCUT2D eigenvalue weighted by Gasteiger charge is -1.91. The Morgan fingerprint density at radius 1 is 1.06 bits per heavy atom. The van der Waals surface area contributed by atoms with E-state index in [2.05, 4.69) is 19.9 Å². The maximum atomic E-state index is 5.79. The van der Waals surface area contributed by atoms with Gasteiger partial charge in [-0.2, -0.15) is 0 Å². The van der Waals surface area contributed by atoms with Crippen molar-refractivity contribution in [2.75, 3.05) is 0 Å². The van der Waals surface area contributed by atoms with Crippen LogP contribution >= 0.6 is 11.6 Å². The third kappa shape index (κ3) is 1.53. The van der Waals surface area contributed by atoms with Crippen molar-refractivity contribution in [3.63, 3.8) is 0 Å². The highest BCUT2D eigenvalue weighted by Gasteiger charge is 2.06. The summed E-state index contributed by atoms with van der Waals surface area (Å²) >= 11 is 5.79. The Morgan fingerprint density at radius 2 is 2.00 bits per heavy atom. The third-order valence-corrected chi connectivity index (χ3v) is 2.43. The van der Waals surface area contributed by atoms with E-state index in [-0.39, 0.29) is 0 Å². The smallest absolute Gasteiger partial charge is 0.179 e. The molecule has 0 aliphatic heterocycles. The minimum atomic E-state index is 0.437. The quantitative estimate of drug-likeness (QED) is 0.654. The van der Waals surface area contributed by atoms with E-state index in [1.54, 1.807) is 12.3 Å². The molecular weight excluding hydrogens is 224 g/mol. The number of rotatable bonds is 1. The molecule has 0 saturated carbocycles. The van der Waals surface area contributed by atoms with Gasteiger partial charge in [0.05, 0.1) is 5.52 Å². The monoisotopic (exact) mass is 230 g/mol. The van der Waals surface area contributed by atoms with Gasteiger partial charge in [-0.25, -0.2) is 9.97 Å². The van der Waals surface area contributed by atoms with Gasteiger partial charge in [0.15, 0.2) is 11.5 Å². The fraction of sp³-hybridized carbons (Fsp3) is 0. The van der Waals surface area contributed by atoms with Gasteiger partial charge in [0.25, 0.3) is 0 Å². The van der Waals surface area contributed by atoms with Gasteiger partial charge < -0.3 is 4.98 Å². The second kappa shape index (κ2) is 3.57. The number of fused-ring (bicyclic) bond motifs is 1. The standard InChI is InChI=1S/C11H7ClN4/c12-9-5-4-8-11(15-9)16-10(14-8)7-3-1-2-6-13-7/h1-6H,(H,14,15,16). The molecule has 0 radical (unpaired) electrons. The molecule has 0 spiro atoms. The largest absolute Gasteiger partial charge is 0.335 e. The average molecular weight is 231 g/mol. The van der Waals surface area contributed by atoms with Gasteiger partial charge in [0, 0.05) is 6.20 Å². The average Bonchev–Trinajstić information content (AvgIpc) is 2.73. The molecule has 0 fully saturated rings. The molecule has 0 atom stereocenters. The molecule has 5 heteroatoms. The van der Waals surface area contributed by atoms with E-state index in [9.17, 15) is 0 Å². The molecule has 0 aromatic carbocycles. The molecular formula is C11H7ClN4. The van der Waals surface area contributed by atoms with Crippen molar-refractivity contribution in [2.24, 2.45) is 0 Å². The van der Waals surface area contributed by atoms with Crippen molar-refractivity contribution in [3.05, 3.63) is 41.7 Å². The van der Waals surface area contributed by atoms with Crippen LogP contribution in [0, 0.1) is 0 Å². The number of halogens is 1. The zero-order valence-corrected chi connectivity index (χ0v) is 8.94. The molecule has 3 aromatic heterocycles. The van der Waals surface area contributed by atoms with Crippen molar-refractivity contribution >= 4 is 22.8 Å². The van der Waals surface area contributed by atoms with Crippen LogP contribution < -0.4 is 0 Å². The Kier molecular flexibility index (Phi) is 2.08. The zero-order chi connectivity index (χ0) is 11.0. The summed E-state index contributed by atoms with van der Waals surface area (Å²) < 4.78 is 0. The minimum Gasteiger partial charge on any atom is -0.335 e. The zero-order valence-electron chi connectivity index (χ0n) is 8.18. The molecule has 0 amide bonds. The van der Waals surface area contributed by atoms with E-state index in [0.717, 1.165) is 11.2 Å². The first-order valence-corrected chi connectivity index (χ1v) is 5.14. The molecule has 0 saturated heterocycles. The van der Waals surface area contributed by atoms with Crippen molar-refractivity contribution in [1.82, 2.24) is 19.9 Å². The van der Waals surface area contributed by atoms with Gasteiger partial charge in [0.1, 0.15) is 10.8 Å².